The van der Waals surface area contributed by atoms with E-state index < -0.39 is 20.8 Å². The van der Waals surface area contributed by atoms with E-state index in [0.717, 1.165) is 0 Å². The SMILES string of the molecule is CC(CCS(C)=O)NS(=O)(=O)c1ccc(C(N)=S)cc1. The number of thiocarbonyl (C=S) groups is 1. The Morgan fingerprint density at radius 3 is 2.40 bits per heavy atom. The number of nitrogens with two attached hydrogens (primary N) is 1. The molecule has 0 heterocycles. The third-order valence-electron chi connectivity index (χ3n) is 2.64. The Morgan fingerprint density at radius 2 is 1.95 bits per heavy atom. The van der Waals surface area contributed by atoms with Crippen LogP contribution < -0.4 is 10.5 Å². The van der Waals surface area contributed by atoms with Gasteiger partial charge in [0.1, 0.15) is 4.99 Å². The van der Waals surface area contributed by atoms with E-state index in [-0.39, 0.29) is 15.9 Å². The number of hydrogen-bond donors (Lipinski definition) is 2. The summed E-state index contributed by atoms with van der Waals surface area (Å²) < 4.78 is 37.8. The van der Waals surface area contributed by atoms with Gasteiger partial charge in [0, 0.05) is 34.4 Å². The summed E-state index contributed by atoms with van der Waals surface area (Å²) in [6.07, 6.45) is 2.11. The molecular weight excluding hydrogens is 316 g/mol. The third kappa shape index (κ3) is 5.28. The van der Waals surface area contributed by atoms with Gasteiger partial charge < -0.3 is 5.73 Å². The normalized spacial score (nSPS) is 14.7. The van der Waals surface area contributed by atoms with Crippen molar-refractivity contribution >= 4 is 38.0 Å². The first-order valence-corrected chi connectivity index (χ1v) is 9.56. The van der Waals surface area contributed by atoms with E-state index >= 15 is 0 Å². The molecule has 2 unspecified atom stereocenters. The Hall–Kier alpha value is -0.830. The van der Waals surface area contributed by atoms with Gasteiger partial charge >= 0.3 is 0 Å². The Balaban J connectivity index is 2.78. The summed E-state index contributed by atoms with van der Waals surface area (Å²) in [7, 11) is -4.51. The summed E-state index contributed by atoms with van der Waals surface area (Å²) in [6, 6.07) is 5.79. The average molecular weight is 334 g/mol. The molecule has 0 amide bonds. The van der Waals surface area contributed by atoms with Gasteiger partial charge in [-0.25, -0.2) is 13.1 Å². The van der Waals surface area contributed by atoms with E-state index in [1.54, 1.807) is 25.3 Å². The molecule has 0 aliphatic rings. The molecule has 20 heavy (non-hydrogen) atoms. The highest BCUT2D eigenvalue weighted by atomic mass is 32.2. The Kier molecular flexibility index (Phi) is 6.25. The first kappa shape index (κ1) is 17.2. The Bertz CT molecular complexity index is 597. The molecule has 0 aliphatic heterocycles. The lowest BCUT2D eigenvalue weighted by molar-refractivity contribution is 0.556. The van der Waals surface area contributed by atoms with E-state index in [1.807, 2.05) is 0 Å². The van der Waals surface area contributed by atoms with Crippen LogP contribution in [-0.2, 0) is 20.8 Å². The van der Waals surface area contributed by atoms with Gasteiger partial charge in [0.15, 0.2) is 0 Å². The number of sulfonamides is 1. The molecule has 0 aromatic heterocycles. The molecule has 0 bridgehead atoms. The Labute approximate surface area is 127 Å². The van der Waals surface area contributed by atoms with Crippen LogP contribution in [0.25, 0.3) is 0 Å². The summed E-state index contributed by atoms with van der Waals surface area (Å²) in [5, 5.41) is 0. The minimum absolute atomic E-state index is 0.155. The topological polar surface area (TPSA) is 89.3 Å². The van der Waals surface area contributed by atoms with Crippen molar-refractivity contribution < 1.29 is 12.6 Å². The van der Waals surface area contributed by atoms with Crippen LogP contribution in [-0.4, -0.2) is 35.7 Å². The first-order chi connectivity index (χ1) is 9.22. The van der Waals surface area contributed by atoms with E-state index in [2.05, 4.69) is 4.72 Å². The maximum absolute atomic E-state index is 12.1. The fraction of sp³-hybridized carbons (Fsp3) is 0.417. The van der Waals surface area contributed by atoms with E-state index in [4.69, 9.17) is 18.0 Å². The summed E-state index contributed by atoms with van der Waals surface area (Å²) >= 11 is 4.81. The number of hydrogen-bond acceptors (Lipinski definition) is 4. The highest BCUT2D eigenvalue weighted by molar-refractivity contribution is 7.89. The van der Waals surface area contributed by atoms with Gasteiger partial charge in [-0.1, -0.05) is 24.4 Å². The zero-order chi connectivity index (χ0) is 15.3. The molecule has 0 fully saturated rings. The molecular formula is C12H18N2O3S3. The van der Waals surface area contributed by atoms with Crippen LogP contribution in [0.2, 0.25) is 0 Å². The summed E-state index contributed by atoms with van der Waals surface area (Å²) in [5.74, 6) is 0.462. The van der Waals surface area contributed by atoms with Crippen LogP contribution in [0.1, 0.15) is 18.9 Å². The molecule has 0 spiro atoms. The summed E-state index contributed by atoms with van der Waals surface area (Å²) in [4.78, 5) is 0.377. The lowest BCUT2D eigenvalue weighted by Gasteiger charge is -2.13. The van der Waals surface area contributed by atoms with Crippen molar-refractivity contribution in [2.75, 3.05) is 12.0 Å². The van der Waals surface area contributed by atoms with Gasteiger partial charge in [-0.2, -0.15) is 0 Å². The van der Waals surface area contributed by atoms with Crippen LogP contribution in [0.5, 0.6) is 0 Å². The Morgan fingerprint density at radius 1 is 1.40 bits per heavy atom. The summed E-state index contributed by atoms with van der Waals surface area (Å²) in [6.45, 7) is 1.74. The maximum atomic E-state index is 12.1. The molecule has 5 nitrogen and oxygen atoms in total. The smallest absolute Gasteiger partial charge is 0.240 e. The van der Waals surface area contributed by atoms with Gasteiger partial charge in [0.05, 0.1) is 4.90 Å². The van der Waals surface area contributed by atoms with Gasteiger partial charge in [0.2, 0.25) is 10.0 Å². The minimum Gasteiger partial charge on any atom is -0.389 e. The van der Waals surface area contributed by atoms with Crippen molar-refractivity contribution in [3.8, 4) is 0 Å². The second-order valence-electron chi connectivity index (χ2n) is 4.48. The first-order valence-electron chi connectivity index (χ1n) is 5.94. The van der Waals surface area contributed by atoms with Crippen LogP contribution in [0.4, 0.5) is 0 Å². The maximum Gasteiger partial charge on any atom is 0.240 e. The summed E-state index contributed by atoms with van der Waals surface area (Å²) in [5.41, 5.74) is 6.08. The zero-order valence-electron chi connectivity index (χ0n) is 11.3. The van der Waals surface area contributed by atoms with Gasteiger partial charge in [-0.05, 0) is 25.5 Å². The van der Waals surface area contributed by atoms with Crippen molar-refractivity contribution in [3.05, 3.63) is 29.8 Å². The van der Waals surface area contributed by atoms with Crippen LogP contribution >= 0.6 is 12.2 Å². The molecule has 112 valence electrons. The van der Waals surface area contributed by atoms with Crippen LogP contribution in [0.3, 0.4) is 0 Å². The molecule has 0 saturated heterocycles. The second-order valence-corrected chi connectivity index (χ2v) is 8.19. The minimum atomic E-state index is -3.58. The molecule has 0 radical (unpaired) electrons. The zero-order valence-corrected chi connectivity index (χ0v) is 13.8. The lowest BCUT2D eigenvalue weighted by Crippen LogP contribution is -2.33. The molecule has 1 aromatic rings. The predicted octanol–water partition coefficient (Wildman–Crippen LogP) is 0.756. The largest absolute Gasteiger partial charge is 0.389 e. The molecule has 1 rings (SSSR count). The molecule has 8 heteroatoms. The van der Waals surface area contributed by atoms with Gasteiger partial charge in [-0.3, -0.25) is 4.21 Å². The van der Waals surface area contributed by atoms with Crippen LogP contribution in [0, 0.1) is 0 Å². The number of nitrogens with one attached hydrogen (secondary N) is 1. The molecule has 0 saturated carbocycles. The molecule has 3 N–H and O–H groups in total. The highest BCUT2D eigenvalue weighted by Crippen LogP contribution is 2.11. The number of rotatable bonds is 7. The lowest BCUT2D eigenvalue weighted by atomic mass is 10.2. The molecule has 1 aromatic carbocycles. The molecule has 0 aliphatic carbocycles. The van der Waals surface area contributed by atoms with Gasteiger partial charge in [-0.15, -0.1) is 0 Å². The van der Waals surface area contributed by atoms with Crippen molar-refractivity contribution in [1.29, 1.82) is 0 Å². The van der Waals surface area contributed by atoms with Crippen molar-refractivity contribution in [1.82, 2.24) is 4.72 Å². The monoisotopic (exact) mass is 334 g/mol. The van der Waals surface area contributed by atoms with Gasteiger partial charge in [0.25, 0.3) is 0 Å². The quantitative estimate of drug-likeness (QED) is 0.719. The standard InChI is InChI=1S/C12H18N2O3S3/c1-9(7-8-19(2)15)14-20(16,17)11-5-3-10(4-6-11)12(13)18/h3-6,9,14H,7-8H2,1-2H3,(H2,13,18). The highest BCUT2D eigenvalue weighted by Gasteiger charge is 2.17. The third-order valence-corrected chi connectivity index (χ3v) is 5.30. The fourth-order valence-corrected chi connectivity index (χ4v) is 3.63. The average Bonchev–Trinajstić information content (AvgIpc) is 2.36. The van der Waals surface area contributed by atoms with E-state index in [0.29, 0.717) is 17.7 Å². The van der Waals surface area contributed by atoms with Crippen molar-refractivity contribution in [2.45, 2.75) is 24.3 Å². The number of benzene rings is 1. The van der Waals surface area contributed by atoms with Crippen molar-refractivity contribution in [2.24, 2.45) is 5.73 Å². The van der Waals surface area contributed by atoms with E-state index in [9.17, 15) is 12.6 Å². The predicted molar refractivity (Wildman–Crippen MR) is 85.7 cm³/mol. The van der Waals surface area contributed by atoms with Crippen LogP contribution in [0.15, 0.2) is 29.2 Å². The van der Waals surface area contributed by atoms with E-state index in [1.165, 1.54) is 12.1 Å². The van der Waals surface area contributed by atoms with Crippen molar-refractivity contribution in [3.63, 3.8) is 0 Å². The second kappa shape index (κ2) is 7.26. The fourth-order valence-electron chi connectivity index (χ4n) is 1.53. The molecule has 2 atom stereocenters.